The first-order valence-electron chi connectivity index (χ1n) is 8.66. The third-order valence-corrected chi connectivity index (χ3v) is 5.54. The fraction of sp³-hybridized carbons (Fsp3) is 0.182. The van der Waals surface area contributed by atoms with Crippen LogP contribution in [0.2, 0.25) is 0 Å². The molecule has 3 rings (SSSR count). The van der Waals surface area contributed by atoms with Crippen LogP contribution < -0.4 is 24.2 Å². The van der Waals surface area contributed by atoms with E-state index in [9.17, 15) is 9.59 Å². The van der Waals surface area contributed by atoms with Crippen LogP contribution in [-0.2, 0) is 7.05 Å². The van der Waals surface area contributed by atoms with Gasteiger partial charge in [-0.1, -0.05) is 30.3 Å². The molecule has 1 heterocycles. The maximum Gasteiger partial charge on any atom is 0.268 e. The van der Waals surface area contributed by atoms with Gasteiger partial charge >= 0.3 is 0 Å². The number of ether oxygens (including phenoxy) is 2. The molecule has 0 saturated heterocycles. The molecule has 0 aliphatic heterocycles. The van der Waals surface area contributed by atoms with Crippen LogP contribution in [0.4, 0.5) is 0 Å². The Labute approximate surface area is 166 Å². The van der Waals surface area contributed by atoms with Gasteiger partial charge in [0.1, 0.15) is 4.66 Å². The lowest BCUT2D eigenvalue weighted by atomic mass is 10.1. The number of benzene rings is 2. The monoisotopic (exact) mass is 395 g/mol. The molecule has 0 bridgehead atoms. The van der Waals surface area contributed by atoms with Crippen molar-refractivity contribution < 1.29 is 14.3 Å². The Hall–Kier alpha value is -3.12. The van der Waals surface area contributed by atoms with Crippen molar-refractivity contribution >= 4 is 29.3 Å². The number of thiazole rings is 1. The number of carbonyl (C=O) groups excluding carboxylic acids is 1. The number of methoxy groups -OCH3 is 2. The van der Waals surface area contributed by atoms with Crippen molar-refractivity contribution in [3.05, 3.63) is 78.7 Å². The Kier molecular flexibility index (Phi) is 5.80. The van der Waals surface area contributed by atoms with Crippen LogP contribution in [0, 0.1) is 6.92 Å². The van der Waals surface area contributed by atoms with Gasteiger partial charge in [0.25, 0.3) is 5.56 Å². The van der Waals surface area contributed by atoms with Gasteiger partial charge in [-0.15, -0.1) is 11.3 Å². The first kappa shape index (κ1) is 19.6. The average Bonchev–Trinajstić information content (AvgIpc) is 2.95. The summed E-state index contributed by atoms with van der Waals surface area (Å²) in [4.78, 5) is 25.2. The van der Waals surface area contributed by atoms with Gasteiger partial charge in [0.15, 0.2) is 17.3 Å². The lowest BCUT2D eigenvalue weighted by Gasteiger charge is -2.07. The second kappa shape index (κ2) is 8.27. The van der Waals surface area contributed by atoms with E-state index in [4.69, 9.17) is 9.47 Å². The highest BCUT2D eigenvalue weighted by Crippen LogP contribution is 2.27. The van der Waals surface area contributed by atoms with Crippen LogP contribution >= 0.6 is 11.3 Å². The van der Waals surface area contributed by atoms with Crippen LogP contribution in [0.3, 0.4) is 0 Å². The quantitative estimate of drug-likeness (QED) is 0.622. The van der Waals surface area contributed by atoms with Crippen molar-refractivity contribution in [3.63, 3.8) is 0 Å². The minimum atomic E-state index is -0.149. The predicted molar refractivity (Wildman–Crippen MR) is 112 cm³/mol. The average molecular weight is 395 g/mol. The van der Waals surface area contributed by atoms with E-state index in [1.807, 2.05) is 31.2 Å². The molecule has 0 atom stereocenters. The number of aryl methyl sites for hydroxylation is 1. The molecule has 0 N–H and O–H groups in total. The molecule has 5 nitrogen and oxygen atoms in total. The minimum absolute atomic E-state index is 0.118. The summed E-state index contributed by atoms with van der Waals surface area (Å²) in [6.45, 7) is 1.89. The van der Waals surface area contributed by atoms with E-state index in [-0.39, 0.29) is 11.3 Å². The zero-order valence-corrected chi connectivity index (χ0v) is 17.0. The fourth-order valence-corrected chi connectivity index (χ4v) is 3.87. The molecule has 2 aromatic carbocycles. The molecule has 0 amide bonds. The van der Waals surface area contributed by atoms with Gasteiger partial charge in [-0.2, -0.15) is 0 Å². The Bertz CT molecular complexity index is 1200. The maximum absolute atomic E-state index is 12.6. The molecule has 0 aliphatic carbocycles. The number of ketones is 1. The Morgan fingerprint density at radius 3 is 2.46 bits per heavy atom. The van der Waals surface area contributed by atoms with Crippen molar-refractivity contribution in [3.8, 4) is 11.5 Å². The summed E-state index contributed by atoms with van der Waals surface area (Å²) in [5.74, 6) is 1.09. The van der Waals surface area contributed by atoms with Crippen LogP contribution in [0.5, 0.6) is 11.5 Å². The first-order chi connectivity index (χ1) is 13.4. The van der Waals surface area contributed by atoms with E-state index in [1.165, 1.54) is 22.0 Å². The molecule has 0 spiro atoms. The highest BCUT2D eigenvalue weighted by molar-refractivity contribution is 7.07. The van der Waals surface area contributed by atoms with Gasteiger partial charge in [0, 0.05) is 18.7 Å². The summed E-state index contributed by atoms with van der Waals surface area (Å²) in [5.41, 5.74) is 2.20. The highest BCUT2D eigenvalue weighted by atomic mass is 32.1. The highest BCUT2D eigenvalue weighted by Gasteiger charge is 2.08. The fourth-order valence-electron chi connectivity index (χ4n) is 2.84. The molecule has 0 aliphatic rings. The van der Waals surface area contributed by atoms with E-state index >= 15 is 0 Å². The second-order valence-corrected chi connectivity index (χ2v) is 7.31. The smallest absolute Gasteiger partial charge is 0.268 e. The zero-order valence-electron chi connectivity index (χ0n) is 16.2. The van der Waals surface area contributed by atoms with Gasteiger partial charge in [-0.25, -0.2) is 0 Å². The molecule has 0 radical (unpaired) electrons. The summed E-state index contributed by atoms with van der Waals surface area (Å²) >= 11 is 1.28. The normalized spacial score (nSPS) is 12.3. The van der Waals surface area contributed by atoms with E-state index < -0.39 is 0 Å². The molecule has 1 aromatic heterocycles. The third-order valence-electron chi connectivity index (χ3n) is 4.43. The number of rotatable bonds is 5. The second-order valence-electron chi connectivity index (χ2n) is 6.25. The number of carbonyl (C=O) groups is 1. The minimum Gasteiger partial charge on any atom is -0.493 e. The van der Waals surface area contributed by atoms with Crippen LogP contribution in [0.25, 0.3) is 12.2 Å². The molecular weight excluding hydrogens is 374 g/mol. The molecule has 28 heavy (non-hydrogen) atoms. The molecule has 3 aromatic rings. The van der Waals surface area contributed by atoms with E-state index in [2.05, 4.69) is 0 Å². The number of Topliss-reactive ketones (excluding diaryl/α,β-unsaturated/α-hetero) is 1. The van der Waals surface area contributed by atoms with Crippen molar-refractivity contribution in [2.45, 2.75) is 6.92 Å². The van der Waals surface area contributed by atoms with Crippen molar-refractivity contribution in [2.24, 2.45) is 7.05 Å². The summed E-state index contributed by atoms with van der Waals surface area (Å²) in [6, 6.07) is 12.8. The van der Waals surface area contributed by atoms with Crippen molar-refractivity contribution in [1.82, 2.24) is 4.57 Å². The van der Waals surface area contributed by atoms with Crippen LogP contribution in [0.1, 0.15) is 21.5 Å². The Balaban J connectivity index is 2.07. The summed E-state index contributed by atoms with van der Waals surface area (Å²) in [6.07, 6.45) is 3.30. The van der Waals surface area contributed by atoms with Crippen LogP contribution in [0.15, 0.2) is 47.3 Å². The molecular formula is C22H21NO4S. The van der Waals surface area contributed by atoms with E-state index in [0.29, 0.717) is 26.3 Å². The van der Waals surface area contributed by atoms with Gasteiger partial charge in [0.2, 0.25) is 0 Å². The summed E-state index contributed by atoms with van der Waals surface area (Å²) in [5, 5.41) is 0. The maximum atomic E-state index is 12.6. The number of aromatic nitrogens is 1. The lowest BCUT2D eigenvalue weighted by molar-refractivity contribution is 0.106. The number of nitrogens with zero attached hydrogens (tertiary/aromatic N) is 1. The van der Waals surface area contributed by atoms with E-state index in [0.717, 1.165) is 11.1 Å². The summed E-state index contributed by atoms with van der Waals surface area (Å²) in [7, 11) is 4.81. The Morgan fingerprint density at radius 1 is 1.07 bits per heavy atom. The molecule has 0 unspecified atom stereocenters. The first-order valence-corrected chi connectivity index (χ1v) is 9.47. The van der Waals surface area contributed by atoms with Crippen molar-refractivity contribution in [1.29, 1.82) is 0 Å². The zero-order chi connectivity index (χ0) is 20.3. The largest absolute Gasteiger partial charge is 0.493 e. The molecule has 0 fully saturated rings. The van der Waals surface area contributed by atoms with Crippen molar-refractivity contribution in [2.75, 3.05) is 14.2 Å². The third kappa shape index (κ3) is 3.92. The topological polar surface area (TPSA) is 57.5 Å². The van der Waals surface area contributed by atoms with E-state index in [1.54, 1.807) is 45.5 Å². The SMILES string of the molecule is COc1ccc(/C=c2\s/c(=C\C(=O)c3ccccc3C)n(C)c2=O)cc1OC. The van der Waals surface area contributed by atoms with Gasteiger partial charge in [0.05, 0.1) is 18.8 Å². The summed E-state index contributed by atoms with van der Waals surface area (Å²) < 4.78 is 13.2. The molecule has 6 heteroatoms. The van der Waals surface area contributed by atoms with Gasteiger partial charge in [-0.05, 0) is 36.3 Å². The molecule has 144 valence electrons. The number of hydrogen-bond donors (Lipinski definition) is 0. The van der Waals surface area contributed by atoms with Crippen LogP contribution in [-0.4, -0.2) is 24.6 Å². The van der Waals surface area contributed by atoms with Gasteiger partial charge < -0.3 is 14.0 Å². The molecule has 0 saturated carbocycles. The predicted octanol–water partition coefficient (Wildman–Crippen LogP) is 2.26. The number of hydrogen-bond acceptors (Lipinski definition) is 5. The standard InChI is InChI=1S/C22H21NO4S/c1-14-7-5-6-8-16(14)17(24)13-21-23(2)22(25)20(28-21)12-15-9-10-18(26-3)19(11-15)27-4/h5-13H,1-4H3/b20-12-,21-13-. The van der Waals surface area contributed by atoms with Gasteiger partial charge in [-0.3, -0.25) is 9.59 Å². The Morgan fingerprint density at radius 2 is 1.79 bits per heavy atom. The lowest BCUT2D eigenvalue weighted by Crippen LogP contribution is -2.29.